The van der Waals surface area contributed by atoms with Gasteiger partial charge in [0.1, 0.15) is 22.9 Å². The van der Waals surface area contributed by atoms with Crippen molar-refractivity contribution in [3.63, 3.8) is 0 Å². The number of aromatic amines is 1. The van der Waals surface area contributed by atoms with Crippen molar-refractivity contribution < 1.29 is 9.53 Å². The average Bonchev–Trinajstić information content (AvgIpc) is 3.67. The van der Waals surface area contributed by atoms with Crippen molar-refractivity contribution in [2.24, 2.45) is 0 Å². The molecule has 0 bridgehead atoms. The molecule has 1 amide bonds. The fraction of sp³-hybridized carbons (Fsp3) is 0.379. The molecule has 4 N–H and O–H groups in total. The lowest BCUT2D eigenvalue weighted by atomic mass is 10.1. The largest absolute Gasteiger partial charge is 0.384 e. The average molecular weight is 528 g/mol. The molecule has 1 unspecified atom stereocenters. The number of carbonyl (C=O) groups excluding carboxylic acids is 1. The number of hydrogen-bond donors (Lipinski definition) is 3. The number of nitrogens with two attached hydrogens (primary N) is 1. The number of imidazole rings is 1. The van der Waals surface area contributed by atoms with Gasteiger partial charge in [-0.15, -0.1) is 0 Å². The third kappa shape index (κ3) is 5.05. The van der Waals surface area contributed by atoms with Crippen LogP contribution in [0.1, 0.15) is 25.3 Å². The highest BCUT2D eigenvalue weighted by Gasteiger charge is 2.35. The van der Waals surface area contributed by atoms with E-state index >= 15 is 0 Å². The van der Waals surface area contributed by atoms with E-state index in [2.05, 4.69) is 20.2 Å². The van der Waals surface area contributed by atoms with E-state index in [1.165, 1.54) is 12.8 Å². The molecule has 1 atom stereocenters. The predicted molar refractivity (Wildman–Crippen MR) is 150 cm³/mol. The Kier molecular flexibility index (Phi) is 6.88. The van der Waals surface area contributed by atoms with Gasteiger partial charge in [0.15, 0.2) is 0 Å². The molecular formula is C29H33N7O3. The number of rotatable bonds is 8. The molecule has 2 aliphatic rings. The van der Waals surface area contributed by atoms with Crippen molar-refractivity contribution >= 4 is 22.8 Å². The van der Waals surface area contributed by atoms with Gasteiger partial charge in [-0.25, -0.2) is 9.97 Å². The standard InChI is InChI=1S/C29H33N7O3/c1-2-35-27(30)25(28-31-11-12-32-28)26(38)22-9-10-23(34-29(22)35)19-5-3-18(4-6-19)15-24(37)33-16-21-17-39-14-13-36(21)20-7-8-20/h3-6,9-12,20-21H,2,7-8,13-17,30H2,1H3,(H,31,32)(H,33,37). The first-order chi connectivity index (χ1) is 19.0. The number of anilines is 1. The maximum Gasteiger partial charge on any atom is 0.224 e. The maximum absolute atomic E-state index is 13.3. The summed E-state index contributed by atoms with van der Waals surface area (Å²) >= 11 is 0. The number of aryl methyl sites for hydroxylation is 1. The first-order valence-corrected chi connectivity index (χ1v) is 13.6. The Labute approximate surface area is 226 Å². The Hall–Kier alpha value is -4.02. The van der Waals surface area contributed by atoms with Crippen molar-refractivity contribution in [3.05, 3.63) is 64.6 Å². The molecule has 10 heteroatoms. The van der Waals surface area contributed by atoms with Crippen LogP contribution in [0.25, 0.3) is 33.7 Å². The van der Waals surface area contributed by atoms with Crippen LogP contribution in [0.2, 0.25) is 0 Å². The van der Waals surface area contributed by atoms with Crippen molar-refractivity contribution in [2.45, 2.75) is 44.8 Å². The lowest BCUT2D eigenvalue weighted by molar-refractivity contribution is -0.121. The summed E-state index contributed by atoms with van der Waals surface area (Å²) in [4.78, 5) is 40.4. The smallest absolute Gasteiger partial charge is 0.224 e. The molecule has 1 saturated heterocycles. The van der Waals surface area contributed by atoms with Crippen LogP contribution in [-0.4, -0.2) is 68.7 Å². The molecule has 0 radical (unpaired) electrons. The number of nitrogen functional groups attached to an aromatic ring is 1. The second kappa shape index (κ2) is 10.6. The molecule has 6 rings (SSSR count). The number of aromatic nitrogens is 4. The SMILES string of the molecule is CCn1c(N)c(-c2ncc[nH]2)c(=O)c2ccc(-c3ccc(CC(=O)NCC4COCCN4C4CC4)cc3)nc21. The van der Waals surface area contributed by atoms with Gasteiger partial charge >= 0.3 is 0 Å². The summed E-state index contributed by atoms with van der Waals surface area (Å²) < 4.78 is 7.48. The number of benzene rings is 1. The molecule has 2 fully saturated rings. The van der Waals surface area contributed by atoms with Crippen LogP contribution >= 0.6 is 0 Å². The number of hydrogen-bond acceptors (Lipinski definition) is 7. The van der Waals surface area contributed by atoms with Gasteiger partial charge in [0.2, 0.25) is 11.3 Å². The lowest BCUT2D eigenvalue weighted by Gasteiger charge is -2.35. The zero-order valence-corrected chi connectivity index (χ0v) is 22.0. The fourth-order valence-electron chi connectivity index (χ4n) is 5.45. The summed E-state index contributed by atoms with van der Waals surface area (Å²) in [5, 5.41) is 3.58. The van der Waals surface area contributed by atoms with E-state index in [-0.39, 0.29) is 17.4 Å². The third-order valence-corrected chi connectivity index (χ3v) is 7.64. The van der Waals surface area contributed by atoms with Crippen molar-refractivity contribution in [1.29, 1.82) is 0 Å². The summed E-state index contributed by atoms with van der Waals surface area (Å²) in [6.07, 6.45) is 6.07. The van der Waals surface area contributed by atoms with E-state index in [0.29, 0.717) is 60.4 Å². The van der Waals surface area contributed by atoms with Gasteiger partial charge in [-0.3, -0.25) is 14.5 Å². The van der Waals surface area contributed by atoms with Gasteiger partial charge in [0.05, 0.1) is 36.8 Å². The highest BCUT2D eigenvalue weighted by molar-refractivity contribution is 5.87. The van der Waals surface area contributed by atoms with E-state index in [1.54, 1.807) is 18.5 Å². The van der Waals surface area contributed by atoms with Crippen molar-refractivity contribution in [2.75, 3.05) is 32.0 Å². The number of pyridine rings is 2. The number of fused-ring (bicyclic) bond motifs is 1. The molecule has 10 nitrogen and oxygen atoms in total. The van der Waals surface area contributed by atoms with Crippen LogP contribution in [0.3, 0.4) is 0 Å². The highest BCUT2D eigenvalue weighted by atomic mass is 16.5. The first-order valence-electron chi connectivity index (χ1n) is 13.6. The summed E-state index contributed by atoms with van der Waals surface area (Å²) in [5.74, 6) is 0.774. The molecule has 0 spiro atoms. The third-order valence-electron chi connectivity index (χ3n) is 7.64. The summed E-state index contributed by atoms with van der Waals surface area (Å²) in [6, 6.07) is 12.3. The molecule has 3 aromatic heterocycles. The molecule has 1 saturated carbocycles. The predicted octanol–water partition coefficient (Wildman–Crippen LogP) is 2.58. The minimum atomic E-state index is -0.206. The lowest BCUT2D eigenvalue weighted by Crippen LogP contribution is -2.52. The van der Waals surface area contributed by atoms with Crippen LogP contribution in [0.4, 0.5) is 5.82 Å². The number of morpholine rings is 1. The second-order valence-corrected chi connectivity index (χ2v) is 10.2. The van der Waals surface area contributed by atoms with Crippen LogP contribution in [0.5, 0.6) is 0 Å². The van der Waals surface area contributed by atoms with Crippen LogP contribution in [-0.2, 0) is 22.5 Å². The Morgan fingerprint density at radius 3 is 2.74 bits per heavy atom. The Bertz CT molecular complexity index is 1540. The van der Waals surface area contributed by atoms with Gasteiger partial charge in [0, 0.05) is 43.6 Å². The minimum absolute atomic E-state index is 0.00250. The highest BCUT2D eigenvalue weighted by Crippen LogP contribution is 2.30. The fourth-order valence-corrected chi connectivity index (χ4v) is 5.45. The van der Waals surface area contributed by atoms with Crippen LogP contribution in [0.15, 0.2) is 53.6 Å². The Morgan fingerprint density at radius 2 is 2.03 bits per heavy atom. The number of ether oxygens (including phenoxy) is 1. The normalized spacial score (nSPS) is 17.9. The number of nitrogens with one attached hydrogen (secondary N) is 2. The van der Waals surface area contributed by atoms with Gasteiger partial charge in [0.25, 0.3) is 0 Å². The van der Waals surface area contributed by atoms with E-state index in [4.69, 9.17) is 15.5 Å². The number of H-pyrrole nitrogens is 1. The zero-order valence-electron chi connectivity index (χ0n) is 22.0. The van der Waals surface area contributed by atoms with Crippen LogP contribution < -0.4 is 16.5 Å². The second-order valence-electron chi connectivity index (χ2n) is 10.2. The van der Waals surface area contributed by atoms with Crippen molar-refractivity contribution in [3.8, 4) is 22.6 Å². The van der Waals surface area contributed by atoms with E-state index < -0.39 is 0 Å². The summed E-state index contributed by atoms with van der Waals surface area (Å²) in [6.45, 7) is 5.51. The molecule has 1 aromatic carbocycles. The van der Waals surface area contributed by atoms with Crippen LogP contribution in [0, 0.1) is 0 Å². The Morgan fingerprint density at radius 1 is 1.21 bits per heavy atom. The molecule has 39 heavy (non-hydrogen) atoms. The number of amides is 1. The molecular weight excluding hydrogens is 494 g/mol. The van der Waals surface area contributed by atoms with Crippen molar-refractivity contribution in [1.82, 2.24) is 29.7 Å². The molecule has 4 heterocycles. The molecule has 1 aliphatic carbocycles. The van der Waals surface area contributed by atoms with Gasteiger partial charge in [-0.05, 0) is 37.5 Å². The molecule has 202 valence electrons. The monoisotopic (exact) mass is 527 g/mol. The summed E-state index contributed by atoms with van der Waals surface area (Å²) in [5.41, 5.74) is 9.64. The van der Waals surface area contributed by atoms with E-state index in [9.17, 15) is 9.59 Å². The first kappa shape index (κ1) is 25.3. The van der Waals surface area contributed by atoms with Gasteiger partial charge in [-0.2, -0.15) is 0 Å². The number of carbonyl (C=O) groups is 1. The summed E-state index contributed by atoms with van der Waals surface area (Å²) in [7, 11) is 0. The zero-order chi connectivity index (χ0) is 26.9. The molecule has 4 aromatic rings. The maximum atomic E-state index is 13.3. The number of nitrogens with zero attached hydrogens (tertiary/aromatic N) is 4. The van der Waals surface area contributed by atoms with Gasteiger partial charge in [-0.1, -0.05) is 24.3 Å². The van der Waals surface area contributed by atoms with E-state index in [0.717, 1.165) is 30.0 Å². The Balaban J connectivity index is 1.18. The topological polar surface area (TPSA) is 131 Å². The van der Waals surface area contributed by atoms with Gasteiger partial charge < -0.3 is 25.3 Å². The van der Waals surface area contributed by atoms with E-state index in [1.807, 2.05) is 41.8 Å². The quantitative estimate of drug-likeness (QED) is 0.321. The molecule has 1 aliphatic heterocycles. The minimum Gasteiger partial charge on any atom is -0.384 e.